The molecule has 0 aromatic heterocycles. The van der Waals surface area contributed by atoms with Crippen molar-refractivity contribution < 1.29 is 14.2 Å². The lowest BCUT2D eigenvalue weighted by Crippen LogP contribution is -2.16. The first-order valence-corrected chi connectivity index (χ1v) is 9.91. The molecule has 130 valence electrons. The number of aliphatic hydroxyl groups excluding tert-OH is 1. The van der Waals surface area contributed by atoms with Crippen molar-refractivity contribution in [1.82, 2.24) is 0 Å². The summed E-state index contributed by atoms with van der Waals surface area (Å²) in [5, 5.41) is 11.8. The zero-order valence-electron chi connectivity index (χ0n) is 14.1. The summed E-state index contributed by atoms with van der Waals surface area (Å²) < 4.78 is 19.2. The van der Waals surface area contributed by atoms with Gasteiger partial charge in [0.15, 0.2) is 5.85 Å². The minimum Gasteiger partial charge on any atom is -0.378 e. The third-order valence-corrected chi connectivity index (χ3v) is 6.48. The van der Waals surface area contributed by atoms with Gasteiger partial charge in [-0.15, -0.1) is 0 Å². The summed E-state index contributed by atoms with van der Waals surface area (Å²) in [6.07, 6.45) is 0.715. The van der Waals surface area contributed by atoms with E-state index in [1.165, 1.54) is 0 Å². The summed E-state index contributed by atoms with van der Waals surface area (Å²) in [6.45, 7) is 2.26. The van der Waals surface area contributed by atoms with Gasteiger partial charge in [0.2, 0.25) is 0 Å². The number of hydrogen-bond donors (Lipinski definition) is 1. The number of benzene rings is 2. The Balaban J connectivity index is 2.41. The molecule has 0 saturated heterocycles. The van der Waals surface area contributed by atoms with Crippen LogP contribution in [0.2, 0.25) is 5.02 Å². The molecule has 0 bridgehead atoms. The van der Waals surface area contributed by atoms with Gasteiger partial charge in [-0.1, -0.05) is 30.7 Å². The molecule has 0 amide bonds. The monoisotopic (exact) mass is 367 g/mol. The van der Waals surface area contributed by atoms with E-state index < -0.39 is 13.2 Å². The second-order valence-corrected chi connectivity index (χ2v) is 8.66. The van der Waals surface area contributed by atoms with Crippen LogP contribution < -0.4 is 10.2 Å². The molecule has 0 fully saturated rings. The molecule has 4 nitrogen and oxygen atoms in total. The Morgan fingerprint density at radius 1 is 1.12 bits per heavy atom. The summed E-state index contributed by atoms with van der Waals surface area (Å²) in [7, 11) is 0.398. The van der Waals surface area contributed by atoms with E-state index in [-0.39, 0.29) is 0 Å². The van der Waals surface area contributed by atoms with Crippen LogP contribution in [-0.4, -0.2) is 25.8 Å². The van der Waals surface area contributed by atoms with Crippen LogP contribution in [0.25, 0.3) is 0 Å². The Labute approximate surface area is 148 Å². The number of anilines is 1. The average molecular weight is 368 g/mol. The molecule has 1 N–H and O–H groups in total. The lowest BCUT2D eigenvalue weighted by molar-refractivity contribution is 0.214. The van der Waals surface area contributed by atoms with Gasteiger partial charge in [0.1, 0.15) is 0 Å². The first kappa shape index (κ1) is 19.0. The summed E-state index contributed by atoms with van der Waals surface area (Å²) in [5.74, 6) is -1.23. The van der Waals surface area contributed by atoms with Crippen molar-refractivity contribution >= 4 is 30.0 Å². The Kier molecular flexibility index (Phi) is 6.47. The summed E-state index contributed by atoms with van der Waals surface area (Å²) in [4.78, 5) is 1.96. The van der Waals surface area contributed by atoms with Crippen molar-refractivity contribution in [1.29, 1.82) is 0 Å². The van der Waals surface area contributed by atoms with Gasteiger partial charge in [-0.25, -0.2) is 0 Å². The highest BCUT2D eigenvalue weighted by Gasteiger charge is 2.36. The Morgan fingerprint density at radius 2 is 1.71 bits per heavy atom. The number of hydrogen-bond acceptors (Lipinski definition) is 4. The average Bonchev–Trinajstić information content (AvgIpc) is 2.59. The van der Waals surface area contributed by atoms with Gasteiger partial charge in [0.25, 0.3) is 7.37 Å². The van der Waals surface area contributed by atoms with Crippen LogP contribution in [0.4, 0.5) is 5.69 Å². The maximum absolute atomic E-state index is 13.5. The lowest BCUT2D eigenvalue weighted by atomic mass is 10.2. The Bertz CT molecular complexity index is 701. The third-order valence-electron chi connectivity index (χ3n) is 3.70. The van der Waals surface area contributed by atoms with Crippen molar-refractivity contribution in [3.8, 4) is 0 Å². The molecule has 2 aromatic carbocycles. The highest BCUT2D eigenvalue weighted by molar-refractivity contribution is 7.67. The van der Waals surface area contributed by atoms with Gasteiger partial charge in [-0.2, -0.15) is 0 Å². The lowest BCUT2D eigenvalue weighted by Gasteiger charge is -2.25. The van der Waals surface area contributed by atoms with Gasteiger partial charge in [0, 0.05) is 30.1 Å². The van der Waals surface area contributed by atoms with Crippen LogP contribution in [0, 0.1) is 0 Å². The van der Waals surface area contributed by atoms with Crippen molar-refractivity contribution in [2.75, 3.05) is 25.6 Å². The first-order chi connectivity index (χ1) is 11.4. The highest BCUT2D eigenvalue weighted by Crippen LogP contribution is 2.57. The van der Waals surface area contributed by atoms with E-state index in [0.717, 1.165) is 5.69 Å². The summed E-state index contributed by atoms with van der Waals surface area (Å²) >= 11 is 5.89. The topological polar surface area (TPSA) is 49.8 Å². The van der Waals surface area contributed by atoms with Crippen LogP contribution in [0.1, 0.15) is 24.8 Å². The van der Waals surface area contributed by atoms with E-state index in [1.807, 2.05) is 38.1 Å². The molecule has 0 aliphatic carbocycles. The van der Waals surface area contributed by atoms with E-state index in [9.17, 15) is 9.67 Å². The number of rotatable bonds is 7. The standard InChI is InChI=1S/C18H23ClNO3P/c1-4-13-23-24(22,17-11-9-16(10-12-17)20(2)3)18(21)14-5-7-15(19)8-6-14/h5-12,18,21H,4,13H2,1-3H3/t18-,24-/m1/s1. The minimum absolute atomic E-state index is 0.317. The number of aliphatic hydroxyl groups is 1. The predicted octanol–water partition coefficient (Wildman–Crippen LogP) is 4.43. The fourth-order valence-corrected chi connectivity index (χ4v) is 4.58. The van der Waals surface area contributed by atoms with E-state index in [4.69, 9.17) is 16.1 Å². The second-order valence-electron chi connectivity index (χ2n) is 5.77. The highest BCUT2D eigenvalue weighted by atomic mass is 35.5. The molecule has 0 unspecified atom stereocenters. The molecular formula is C18H23ClNO3P. The van der Waals surface area contributed by atoms with Crippen LogP contribution in [-0.2, 0) is 9.09 Å². The molecule has 0 saturated carbocycles. The summed E-state index contributed by atoms with van der Waals surface area (Å²) in [6, 6.07) is 13.9. The van der Waals surface area contributed by atoms with E-state index >= 15 is 0 Å². The molecule has 2 rings (SSSR count). The minimum atomic E-state index is -3.47. The molecule has 24 heavy (non-hydrogen) atoms. The zero-order chi connectivity index (χ0) is 17.7. The molecule has 2 atom stereocenters. The van der Waals surface area contributed by atoms with Gasteiger partial charge >= 0.3 is 0 Å². The normalized spacial score (nSPS) is 14.9. The number of nitrogens with zero attached hydrogens (tertiary/aromatic N) is 1. The molecular weight excluding hydrogens is 345 g/mol. The molecule has 0 aliphatic heterocycles. The van der Waals surface area contributed by atoms with Crippen LogP contribution in [0.3, 0.4) is 0 Å². The summed E-state index contributed by atoms with van der Waals surface area (Å²) in [5.41, 5.74) is 1.51. The SMILES string of the molecule is CCCO[P@](=O)(c1ccc(N(C)C)cc1)[C@@H](O)c1ccc(Cl)cc1. The molecule has 6 heteroatoms. The molecule has 0 radical (unpaired) electrons. The van der Waals surface area contributed by atoms with Gasteiger partial charge in [0.05, 0.1) is 6.61 Å². The predicted molar refractivity (Wildman–Crippen MR) is 101 cm³/mol. The quantitative estimate of drug-likeness (QED) is 0.736. The van der Waals surface area contributed by atoms with Crippen LogP contribution >= 0.6 is 19.0 Å². The van der Waals surface area contributed by atoms with Crippen LogP contribution in [0.5, 0.6) is 0 Å². The van der Waals surface area contributed by atoms with Crippen LogP contribution in [0.15, 0.2) is 48.5 Å². The van der Waals surface area contributed by atoms with Gasteiger partial charge in [-0.3, -0.25) is 4.57 Å². The molecule has 0 heterocycles. The Morgan fingerprint density at radius 3 is 2.21 bits per heavy atom. The van der Waals surface area contributed by atoms with E-state index in [2.05, 4.69) is 0 Å². The van der Waals surface area contributed by atoms with Gasteiger partial charge < -0.3 is 14.5 Å². The molecule has 2 aromatic rings. The van der Waals surface area contributed by atoms with E-state index in [0.29, 0.717) is 28.9 Å². The smallest absolute Gasteiger partial charge is 0.264 e. The maximum Gasteiger partial charge on any atom is 0.264 e. The fraction of sp³-hybridized carbons (Fsp3) is 0.333. The van der Waals surface area contributed by atoms with Crippen molar-refractivity contribution in [3.63, 3.8) is 0 Å². The van der Waals surface area contributed by atoms with Crippen molar-refractivity contribution in [2.45, 2.75) is 19.2 Å². The number of halogens is 1. The third kappa shape index (κ3) is 4.20. The second kappa shape index (κ2) is 8.17. The maximum atomic E-state index is 13.5. The first-order valence-electron chi connectivity index (χ1n) is 7.84. The Hall–Kier alpha value is -1.32. The van der Waals surface area contributed by atoms with Crippen molar-refractivity contribution in [2.24, 2.45) is 0 Å². The van der Waals surface area contributed by atoms with E-state index in [1.54, 1.807) is 36.4 Å². The fourth-order valence-electron chi connectivity index (χ4n) is 2.30. The molecule has 0 aliphatic rings. The van der Waals surface area contributed by atoms with Crippen molar-refractivity contribution in [3.05, 3.63) is 59.1 Å². The van der Waals surface area contributed by atoms with Gasteiger partial charge in [-0.05, 0) is 48.4 Å². The largest absolute Gasteiger partial charge is 0.378 e. The zero-order valence-corrected chi connectivity index (χ0v) is 15.8. The molecule has 0 spiro atoms.